The molecule has 0 aromatic carbocycles. The molecule has 0 heterocycles. The minimum Gasteiger partial charge on any atom is -0.480 e. The SMILES string of the molecule is O=C(O)[C@]1(I)CCCC[C@H]1O. The van der Waals surface area contributed by atoms with E-state index in [2.05, 4.69) is 0 Å². The van der Waals surface area contributed by atoms with Crippen LogP contribution in [0.25, 0.3) is 0 Å². The summed E-state index contributed by atoms with van der Waals surface area (Å²) in [5.41, 5.74) is 0. The normalized spacial score (nSPS) is 38.5. The van der Waals surface area contributed by atoms with Crippen LogP contribution in [0, 0.1) is 0 Å². The van der Waals surface area contributed by atoms with Crippen molar-refractivity contribution in [2.24, 2.45) is 0 Å². The number of carboxylic acids is 1. The van der Waals surface area contributed by atoms with Crippen molar-refractivity contribution in [3.8, 4) is 0 Å². The number of aliphatic hydroxyl groups excluding tert-OH is 1. The minimum absolute atomic E-state index is 0.587. The van der Waals surface area contributed by atoms with Crippen LogP contribution in [0.15, 0.2) is 0 Å². The van der Waals surface area contributed by atoms with Crippen molar-refractivity contribution in [1.82, 2.24) is 0 Å². The lowest BCUT2D eigenvalue weighted by molar-refractivity contribution is -0.143. The number of rotatable bonds is 1. The largest absolute Gasteiger partial charge is 0.480 e. The maximum Gasteiger partial charge on any atom is 0.322 e. The first-order valence-corrected chi connectivity index (χ1v) is 4.75. The molecular formula is C7H11IO3. The van der Waals surface area contributed by atoms with Gasteiger partial charge < -0.3 is 10.2 Å². The summed E-state index contributed by atoms with van der Waals surface area (Å²) in [5.74, 6) is -0.884. The smallest absolute Gasteiger partial charge is 0.322 e. The third kappa shape index (κ3) is 1.66. The number of aliphatic carboxylic acids is 1. The van der Waals surface area contributed by atoms with Crippen LogP contribution in [0.5, 0.6) is 0 Å². The van der Waals surface area contributed by atoms with E-state index < -0.39 is 15.5 Å². The van der Waals surface area contributed by atoms with E-state index in [1.165, 1.54) is 0 Å². The minimum atomic E-state index is -0.921. The lowest BCUT2D eigenvalue weighted by Gasteiger charge is -2.32. The van der Waals surface area contributed by atoms with Crippen molar-refractivity contribution in [3.63, 3.8) is 0 Å². The molecule has 0 amide bonds. The second-order valence-electron chi connectivity index (χ2n) is 2.93. The molecule has 1 aliphatic rings. The average Bonchev–Trinajstić information content (AvgIpc) is 1.95. The molecule has 3 nitrogen and oxygen atoms in total. The van der Waals surface area contributed by atoms with E-state index in [0.29, 0.717) is 12.8 Å². The van der Waals surface area contributed by atoms with Gasteiger partial charge in [-0.15, -0.1) is 0 Å². The van der Waals surface area contributed by atoms with E-state index in [0.717, 1.165) is 12.8 Å². The Hall–Kier alpha value is 0.160. The highest BCUT2D eigenvalue weighted by Crippen LogP contribution is 2.36. The van der Waals surface area contributed by atoms with Crippen LogP contribution >= 0.6 is 22.6 Å². The Morgan fingerprint density at radius 3 is 2.55 bits per heavy atom. The summed E-state index contributed by atoms with van der Waals surface area (Å²) in [6.07, 6.45) is 2.39. The third-order valence-corrected chi connectivity index (χ3v) is 3.87. The standard InChI is InChI=1S/C7H11IO3/c8-7(6(10)11)4-2-1-3-5(7)9/h5,9H,1-4H2,(H,10,11)/t5-,7+/m1/s1. The zero-order valence-corrected chi connectivity index (χ0v) is 8.24. The van der Waals surface area contributed by atoms with E-state index >= 15 is 0 Å². The highest BCUT2D eigenvalue weighted by molar-refractivity contribution is 14.1. The van der Waals surface area contributed by atoms with Gasteiger partial charge in [-0.25, -0.2) is 0 Å². The second-order valence-corrected chi connectivity index (χ2v) is 4.85. The fraction of sp³-hybridized carbons (Fsp3) is 0.857. The van der Waals surface area contributed by atoms with Crippen molar-refractivity contribution < 1.29 is 15.0 Å². The third-order valence-electron chi connectivity index (χ3n) is 2.15. The zero-order valence-electron chi connectivity index (χ0n) is 6.09. The van der Waals surface area contributed by atoms with Crippen LogP contribution in [0.3, 0.4) is 0 Å². The summed E-state index contributed by atoms with van der Waals surface area (Å²) in [7, 11) is 0. The molecule has 1 fully saturated rings. The molecule has 0 bridgehead atoms. The molecule has 0 spiro atoms. The molecular weight excluding hydrogens is 259 g/mol. The number of carbonyl (C=O) groups is 1. The van der Waals surface area contributed by atoms with Crippen LogP contribution in [0.4, 0.5) is 0 Å². The van der Waals surface area contributed by atoms with Gasteiger partial charge in [-0.2, -0.15) is 0 Å². The van der Waals surface area contributed by atoms with Gasteiger partial charge in [0.15, 0.2) is 0 Å². The lowest BCUT2D eigenvalue weighted by Crippen LogP contribution is -2.45. The van der Waals surface area contributed by atoms with Gasteiger partial charge in [0.2, 0.25) is 0 Å². The highest BCUT2D eigenvalue weighted by Gasteiger charge is 2.44. The van der Waals surface area contributed by atoms with Crippen molar-refractivity contribution >= 4 is 28.6 Å². The summed E-state index contributed by atoms with van der Waals surface area (Å²) in [6.45, 7) is 0. The average molecular weight is 270 g/mol. The van der Waals surface area contributed by atoms with Crippen LogP contribution in [0.1, 0.15) is 25.7 Å². The number of hydrogen-bond donors (Lipinski definition) is 2. The van der Waals surface area contributed by atoms with Crippen LogP contribution in [0.2, 0.25) is 0 Å². The predicted molar refractivity (Wildman–Crippen MR) is 48.9 cm³/mol. The van der Waals surface area contributed by atoms with Gasteiger partial charge in [0.05, 0.1) is 6.10 Å². The molecule has 0 saturated heterocycles. The molecule has 11 heavy (non-hydrogen) atoms. The highest BCUT2D eigenvalue weighted by atomic mass is 127. The monoisotopic (exact) mass is 270 g/mol. The molecule has 2 atom stereocenters. The Morgan fingerprint density at radius 1 is 1.55 bits per heavy atom. The summed E-state index contributed by atoms with van der Waals surface area (Å²) in [5, 5.41) is 18.2. The molecule has 64 valence electrons. The maximum atomic E-state index is 10.7. The number of alkyl halides is 1. The Bertz CT molecular complexity index is 171. The maximum absolute atomic E-state index is 10.7. The van der Waals surface area contributed by atoms with Gasteiger partial charge in [0.1, 0.15) is 3.42 Å². The molecule has 1 rings (SSSR count). The molecule has 0 aromatic heterocycles. The van der Waals surface area contributed by atoms with Gasteiger partial charge >= 0.3 is 5.97 Å². The topological polar surface area (TPSA) is 57.5 Å². The van der Waals surface area contributed by atoms with E-state index in [4.69, 9.17) is 5.11 Å². The lowest BCUT2D eigenvalue weighted by atomic mass is 9.86. The van der Waals surface area contributed by atoms with Crippen LogP contribution in [-0.2, 0) is 4.79 Å². The number of halogens is 1. The van der Waals surface area contributed by atoms with Crippen molar-refractivity contribution in [2.45, 2.75) is 35.2 Å². The Morgan fingerprint density at radius 2 is 2.18 bits per heavy atom. The summed E-state index contributed by atoms with van der Waals surface area (Å²) >= 11 is 1.86. The molecule has 1 saturated carbocycles. The van der Waals surface area contributed by atoms with Crippen molar-refractivity contribution in [1.29, 1.82) is 0 Å². The summed E-state index contributed by atoms with van der Waals surface area (Å²) in [4.78, 5) is 10.7. The molecule has 0 radical (unpaired) electrons. The first kappa shape index (κ1) is 9.25. The quantitative estimate of drug-likeness (QED) is 0.555. The molecule has 0 aromatic rings. The van der Waals surface area contributed by atoms with E-state index in [1.807, 2.05) is 22.6 Å². The Balaban J connectivity index is 2.72. The molecule has 0 unspecified atom stereocenters. The Labute approximate surface area is 78.9 Å². The Kier molecular flexibility index (Phi) is 2.74. The fourth-order valence-corrected chi connectivity index (χ4v) is 2.06. The predicted octanol–water partition coefficient (Wildman–Crippen LogP) is 1.18. The number of carboxylic acid groups (broad SMARTS) is 1. The van der Waals surface area contributed by atoms with Crippen molar-refractivity contribution in [2.75, 3.05) is 0 Å². The van der Waals surface area contributed by atoms with Gasteiger partial charge in [-0.05, 0) is 12.8 Å². The second kappa shape index (κ2) is 3.26. The van der Waals surface area contributed by atoms with Crippen LogP contribution < -0.4 is 0 Å². The molecule has 0 aliphatic heterocycles. The van der Waals surface area contributed by atoms with E-state index in [-0.39, 0.29) is 0 Å². The number of aliphatic hydroxyl groups is 1. The molecule has 4 heteroatoms. The van der Waals surface area contributed by atoms with Gasteiger partial charge in [0, 0.05) is 0 Å². The van der Waals surface area contributed by atoms with Gasteiger partial charge in [0.25, 0.3) is 0 Å². The van der Waals surface area contributed by atoms with E-state index in [1.54, 1.807) is 0 Å². The first-order chi connectivity index (χ1) is 5.07. The van der Waals surface area contributed by atoms with Crippen molar-refractivity contribution in [3.05, 3.63) is 0 Å². The van der Waals surface area contributed by atoms with Crippen LogP contribution in [-0.4, -0.2) is 25.7 Å². The van der Waals surface area contributed by atoms with Gasteiger partial charge in [-0.1, -0.05) is 35.4 Å². The number of hydrogen-bond acceptors (Lipinski definition) is 2. The summed E-state index contributed by atoms with van der Waals surface area (Å²) in [6, 6.07) is 0. The van der Waals surface area contributed by atoms with Gasteiger partial charge in [-0.3, -0.25) is 4.79 Å². The van der Waals surface area contributed by atoms with E-state index in [9.17, 15) is 9.90 Å². The summed E-state index contributed by atoms with van der Waals surface area (Å²) < 4.78 is -0.921. The fourth-order valence-electron chi connectivity index (χ4n) is 1.36. The zero-order chi connectivity index (χ0) is 8.48. The first-order valence-electron chi connectivity index (χ1n) is 3.68. The molecule has 2 N–H and O–H groups in total. The molecule has 1 aliphatic carbocycles.